The van der Waals surface area contributed by atoms with Crippen molar-refractivity contribution in [1.82, 2.24) is 10.7 Å². The largest absolute Gasteiger partial charge is 0.444 e. The van der Waals surface area contributed by atoms with Crippen LogP contribution in [0.1, 0.15) is 41.5 Å². The van der Waals surface area contributed by atoms with Crippen LogP contribution >= 0.6 is 0 Å². The summed E-state index contributed by atoms with van der Waals surface area (Å²) in [5.41, 5.74) is 1.48. The van der Waals surface area contributed by atoms with Crippen LogP contribution in [-0.2, 0) is 14.0 Å². The van der Waals surface area contributed by atoms with E-state index >= 15 is 0 Å². The third-order valence-electron chi connectivity index (χ3n) is 3.51. The molecular formula is C14H31N3O4Si. The van der Waals surface area contributed by atoms with Gasteiger partial charge in [-0.15, -0.1) is 0 Å². The van der Waals surface area contributed by atoms with Gasteiger partial charge in [0.15, 0.2) is 8.32 Å². The maximum atomic E-state index is 11.9. The normalized spacial score (nSPS) is 14.2. The van der Waals surface area contributed by atoms with E-state index < -0.39 is 32.0 Å². The fourth-order valence-electron chi connectivity index (χ4n) is 1.30. The summed E-state index contributed by atoms with van der Waals surface area (Å²) in [5, 5.41) is 2.48. The van der Waals surface area contributed by atoms with Crippen LogP contribution in [0.4, 0.5) is 4.79 Å². The third kappa shape index (κ3) is 7.23. The van der Waals surface area contributed by atoms with Gasteiger partial charge in [-0.3, -0.25) is 10.2 Å². The fraction of sp³-hybridized carbons (Fsp3) is 0.857. The minimum absolute atomic E-state index is 0.00442. The van der Waals surface area contributed by atoms with Gasteiger partial charge in [0.1, 0.15) is 11.7 Å². The van der Waals surface area contributed by atoms with Crippen molar-refractivity contribution in [2.24, 2.45) is 5.84 Å². The van der Waals surface area contributed by atoms with Gasteiger partial charge < -0.3 is 14.5 Å². The van der Waals surface area contributed by atoms with Gasteiger partial charge in [-0.2, -0.15) is 0 Å². The minimum atomic E-state index is -2.17. The molecule has 0 saturated carbocycles. The summed E-state index contributed by atoms with van der Waals surface area (Å²) in [4.78, 5) is 23.6. The van der Waals surface area contributed by atoms with Crippen LogP contribution in [0, 0.1) is 0 Å². The summed E-state index contributed by atoms with van der Waals surface area (Å²) in [6.45, 7) is 15.6. The number of carbonyl (C=O) groups excluding carboxylic acids is 2. The van der Waals surface area contributed by atoms with Crippen molar-refractivity contribution in [1.29, 1.82) is 0 Å². The molecule has 0 fully saturated rings. The van der Waals surface area contributed by atoms with E-state index in [1.165, 1.54) is 0 Å². The first kappa shape index (κ1) is 20.9. The molecule has 0 unspecified atom stereocenters. The van der Waals surface area contributed by atoms with Gasteiger partial charge in [0.25, 0.3) is 5.91 Å². The maximum Gasteiger partial charge on any atom is 0.407 e. The molecule has 22 heavy (non-hydrogen) atoms. The molecule has 0 rings (SSSR count). The molecule has 130 valence electrons. The Hall–Kier alpha value is -1.12. The number of hydrazine groups is 1. The zero-order chi connectivity index (χ0) is 17.8. The average Bonchev–Trinajstić information content (AvgIpc) is 2.29. The van der Waals surface area contributed by atoms with Gasteiger partial charge in [0, 0.05) is 0 Å². The smallest absolute Gasteiger partial charge is 0.407 e. The third-order valence-corrected chi connectivity index (χ3v) is 7.99. The predicted octanol–water partition coefficient (Wildman–Crippen LogP) is 1.89. The molecule has 0 radical (unpaired) electrons. The molecular weight excluding hydrogens is 302 g/mol. The van der Waals surface area contributed by atoms with E-state index in [2.05, 4.69) is 31.5 Å². The molecule has 8 heteroatoms. The number of alkyl carbamates (subject to hydrolysis) is 1. The topological polar surface area (TPSA) is 103 Å². The second-order valence-electron chi connectivity index (χ2n) is 7.76. The summed E-state index contributed by atoms with van der Waals surface area (Å²) < 4.78 is 11.2. The second-order valence-corrected chi connectivity index (χ2v) is 12.5. The highest BCUT2D eigenvalue weighted by Gasteiger charge is 2.40. The molecule has 0 aromatic carbocycles. The molecule has 1 atom stereocenters. The highest BCUT2D eigenvalue weighted by molar-refractivity contribution is 6.74. The van der Waals surface area contributed by atoms with Crippen molar-refractivity contribution in [3.8, 4) is 0 Å². The Morgan fingerprint density at radius 2 is 1.64 bits per heavy atom. The number of ether oxygens (including phenoxy) is 1. The fourth-order valence-corrected chi connectivity index (χ4v) is 2.56. The number of hydrogen-bond acceptors (Lipinski definition) is 5. The molecule has 0 saturated heterocycles. The van der Waals surface area contributed by atoms with E-state index in [1.807, 2.05) is 13.1 Å². The molecule has 0 aliphatic heterocycles. The predicted molar refractivity (Wildman–Crippen MR) is 88.6 cm³/mol. The van der Waals surface area contributed by atoms with Crippen LogP contribution in [0.3, 0.4) is 0 Å². The molecule has 7 nitrogen and oxygen atoms in total. The lowest BCUT2D eigenvalue weighted by Crippen LogP contribution is -2.53. The molecule has 0 spiro atoms. The molecule has 0 aromatic rings. The molecule has 0 aliphatic carbocycles. The first-order chi connectivity index (χ1) is 9.69. The van der Waals surface area contributed by atoms with Crippen molar-refractivity contribution in [2.75, 3.05) is 6.54 Å². The van der Waals surface area contributed by atoms with Gasteiger partial charge in [-0.1, -0.05) is 20.8 Å². The molecule has 0 bridgehead atoms. The summed E-state index contributed by atoms with van der Waals surface area (Å²) in [6, 6.07) is 0. The Kier molecular flexibility index (Phi) is 7.05. The lowest BCUT2D eigenvalue weighted by atomic mass is 10.2. The number of rotatable bonds is 5. The van der Waals surface area contributed by atoms with Crippen molar-refractivity contribution in [3.05, 3.63) is 0 Å². The van der Waals surface area contributed by atoms with E-state index in [1.54, 1.807) is 20.8 Å². The van der Waals surface area contributed by atoms with Crippen molar-refractivity contribution in [3.63, 3.8) is 0 Å². The van der Waals surface area contributed by atoms with Gasteiger partial charge in [-0.25, -0.2) is 10.6 Å². The lowest BCUT2D eigenvalue weighted by Gasteiger charge is -2.38. The van der Waals surface area contributed by atoms with Crippen LogP contribution < -0.4 is 16.6 Å². The van der Waals surface area contributed by atoms with Crippen LogP contribution in [0.5, 0.6) is 0 Å². The number of amides is 2. The van der Waals surface area contributed by atoms with E-state index in [0.717, 1.165) is 0 Å². The van der Waals surface area contributed by atoms with E-state index in [-0.39, 0.29) is 11.6 Å². The number of nitrogens with two attached hydrogens (primary N) is 1. The van der Waals surface area contributed by atoms with Crippen LogP contribution in [0.2, 0.25) is 18.1 Å². The van der Waals surface area contributed by atoms with Crippen LogP contribution in [0.25, 0.3) is 0 Å². The maximum absolute atomic E-state index is 11.9. The van der Waals surface area contributed by atoms with E-state index in [0.29, 0.717) is 0 Å². The molecule has 0 aliphatic rings. The van der Waals surface area contributed by atoms with Crippen LogP contribution in [0.15, 0.2) is 0 Å². The Balaban J connectivity index is 4.82. The second kappa shape index (κ2) is 7.43. The number of hydrogen-bond donors (Lipinski definition) is 3. The molecule has 2 amide bonds. The first-order valence-corrected chi connectivity index (χ1v) is 10.3. The molecule has 0 heterocycles. The highest BCUT2D eigenvalue weighted by Crippen LogP contribution is 2.37. The first-order valence-electron chi connectivity index (χ1n) is 7.35. The van der Waals surface area contributed by atoms with Crippen molar-refractivity contribution in [2.45, 2.75) is 71.4 Å². The summed E-state index contributed by atoms with van der Waals surface area (Å²) >= 11 is 0. The van der Waals surface area contributed by atoms with Gasteiger partial charge in [-0.05, 0) is 38.9 Å². The molecule has 0 aromatic heterocycles. The van der Waals surface area contributed by atoms with Crippen molar-refractivity contribution < 1.29 is 18.8 Å². The summed E-state index contributed by atoms with van der Waals surface area (Å²) in [6.07, 6.45) is -1.44. The monoisotopic (exact) mass is 333 g/mol. The average molecular weight is 334 g/mol. The number of nitrogens with one attached hydrogen (secondary N) is 2. The SMILES string of the molecule is CC(C)(C)OC(=O)NC[C@@H](O[Si](C)(C)C(C)(C)C)C(=O)NN. The van der Waals surface area contributed by atoms with Crippen LogP contribution in [-0.4, -0.2) is 38.6 Å². The molecule has 4 N–H and O–H groups in total. The van der Waals surface area contributed by atoms with Gasteiger partial charge >= 0.3 is 6.09 Å². The lowest BCUT2D eigenvalue weighted by molar-refractivity contribution is -0.128. The van der Waals surface area contributed by atoms with E-state index in [9.17, 15) is 9.59 Å². The highest BCUT2D eigenvalue weighted by atomic mass is 28.4. The quantitative estimate of drug-likeness (QED) is 0.308. The summed E-state index contributed by atoms with van der Waals surface area (Å²) in [5.74, 6) is 4.73. The Bertz CT molecular complexity index is 400. The van der Waals surface area contributed by atoms with Crippen molar-refractivity contribution >= 4 is 20.3 Å². The van der Waals surface area contributed by atoms with E-state index in [4.69, 9.17) is 15.0 Å². The standard InChI is InChI=1S/C14H31N3O4Si/c1-13(2,3)20-12(19)16-9-10(11(18)17-15)21-22(7,8)14(4,5)6/h10H,9,15H2,1-8H3,(H,16,19)(H,17,18)/t10-/m1/s1. The zero-order valence-electron chi connectivity index (χ0n) is 15.0. The zero-order valence-corrected chi connectivity index (χ0v) is 16.0. The Morgan fingerprint density at radius 3 is 2.00 bits per heavy atom. The van der Waals surface area contributed by atoms with Gasteiger partial charge in [0.2, 0.25) is 0 Å². The Labute approximate surface area is 134 Å². The summed E-state index contributed by atoms with van der Waals surface area (Å²) in [7, 11) is -2.17. The Morgan fingerprint density at radius 1 is 1.14 bits per heavy atom. The number of carbonyl (C=O) groups is 2. The minimum Gasteiger partial charge on any atom is -0.444 e. The van der Waals surface area contributed by atoms with Gasteiger partial charge in [0.05, 0.1) is 6.54 Å².